The summed E-state index contributed by atoms with van der Waals surface area (Å²) < 4.78 is 10.7. The van der Waals surface area contributed by atoms with E-state index in [-0.39, 0.29) is 23.6 Å². The first kappa shape index (κ1) is 34.0. The predicted molar refractivity (Wildman–Crippen MR) is 193 cm³/mol. The van der Waals surface area contributed by atoms with Crippen LogP contribution in [0, 0.1) is 0 Å². The maximum atomic E-state index is 13.3. The summed E-state index contributed by atoms with van der Waals surface area (Å²) in [5.74, 6) is 0.110. The van der Waals surface area contributed by atoms with Crippen molar-refractivity contribution in [3.63, 3.8) is 0 Å². The van der Waals surface area contributed by atoms with Crippen molar-refractivity contribution in [3.05, 3.63) is 119 Å². The largest absolute Gasteiger partial charge is 0.496 e. The van der Waals surface area contributed by atoms with Crippen molar-refractivity contribution < 1.29 is 28.7 Å². The lowest BCUT2D eigenvalue weighted by Gasteiger charge is -2.24. The van der Waals surface area contributed by atoms with Gasteiger partial charge in [-0.3, -0.25) is 19.2 Å². The molecule has 4 aromatic carbocycles. The molecule has 0 radical (unpaired) electrons. The van der Waals surface area contributed by atoms with E-state index in [4.69, 9.17) is 9.47 Å². The summed E-state index contributed by atoms with van der Waals surface area (Å²) in [5.41, 5.74) is 4.06. The smallest absolute Gasteiger partial charge is 0.258 e. The molecule has 256 valence electrons. The van der Waals surface area contributed by atoms with Gasteiger partial charge in [-0.05, 0) is 85.3 Å². The van der Waals surface area contributed by atoms with Crippen LogP contribution in [0.4, 0.5) is 11.4 Å². The molecule has 4 amide bonds. The van der Waals surface area contributed by atoms with Crippen LogP contribution in [0.3, 0.4) is 0 Å². The molecule has 2 fully saturated rings. The lowest BCUT2D eigenvalue weighted by Crippen LogP contribution is -2.43. The Kier molecular flexibility index (Phi) is 10.6. The highest BCUT2D eigenvalue weighted by molar-refractivity contribution is 6.04. The third-order valence-corrected chi connectivity index (χ3v) is 9.13. The fraction of sp³-hybridized carbons (Fsp3) is 0.250. The standard InChI is InChI=1S/C40H40N4O6/c1-49-35-13-5-3-9-31(35)39(47)43-25-7-11-33(43)37(45)41-29-21-17-27(18-22-29)15-16-28-19-23-30(24-20-28)42-38(46)34-12-8-26-44(34)40(48)32-10-4-6-14-36(32)50-2/h3-6,9-10,13-24,33-34H,7-8,11-12,25-26H2,1-2H3,(H,41,45)(H,42,46)/t33-,34-/m0/s1. The van der Waals surface area contributed by atoms with Gasteiger partial charge in [0.05, 0.1) is 25.3 Å². The van der Waals surface area contributed by atoms with E-state index >= 15 is 0 Å². The fourth-order valence-electron chi connectivity index (χ4n) is 6.52. The fourth-order valence-corrected chi connectivity index (χ4v) is 6.52. The van der Waals surface area contributed by atoms with Crippen LogP contribution < -0.4 is 20.1 Å². The normalized spacial score (nSPS) is 17.1. The minimum atomic E-state index is -0.558. The SMILES string of the molecule is COc1ccccc1C(=O)N1CCC[C@H]1C(=O)Nc1ccc(C=Cc2ccc(NC(=O)[C@@H]3CCCN3C(=O)c3ccccc3OC)cc2)cc1. The molecule has 0 unspecified atom stereocenters. The van der Waals surface area contributed by atoms with Gasteiger partial charge < -0.3 is 29.9 Å². The van der Waals surface area contributed by atoms with Crippen LogP contribution in [-0.2, 0) is 9.59 Å². The number of anilines is 2. The molecule has 10 heteroatoms. The van der Waals surface area contributed by atoms with Crippen LogP contribution in [0.5, 0.6) is 11.5 Å². The number of benzene rings is 4. The first-order valence-corrected chi connectivity index (χ1v) is 16.7. The number of methoxy groups -OCH3 is 2. The quantitative estimate of drug-likeness (QED) is 0.190. The maximum Gasteiger partial charge on any atom is 0.258 e. The van der Waals surface area contributed by atoms with Crippen molar-refractivity contribution in [1.29, 1.82) is 0 Å². The number of hydrogen-bond acceptors (Lipinski definition) is 6. The van der Waals surface area contributed by atoms with Crippen molar-refractivity contribution in [3.8, 4) is 11.5 Å². The van der Waals surface area contributed by atoms with Crippen molar-refractivity contribution in [2.24, 2.45) is 0 Å². The summed E-state index contributed by atoms with van der Waals surface area (Å²) >= 11 is 0. The third-order valence-electron chi connectivity index (χ3n) is 9.13. The lowest BCUT2D eigenvalue weighted by atomic mass is 10.1. The molecule has 0 aromatic heterocycles. The molecule has 10 nitrogen and oxygen atoms in total. The molecule has 0 saturated carbocycles. The number of nitrogens with zero attached hydrogens (tertiary/aromatic N) is 2. The highest BCUT2D eigenvalue weighted by Crippen LogP contribution is 2.28. The molecule has 50 heavy (non-hydrogen) atoms. The highest BCUT2D eigenvalue weighted by atomic mass is 16.5. The van der Waals surface area contributed by atoms with Crippen molar-refractivity contribution in [2.45, 2.75) is 37.8 Å². The summed E-state index contributed by atoms with van der Waals surface area (Å²) in [7, 11) is 3.05. The molecule has 4 aromatic rings. The number of amides is 4. The van der Waals surface area contributed by atoms with Crippen molar-refractivity contribution >= 4 is 47.2 Å². The number of hydrogen-bond donors (Lipinski definition) is 2. The van der Waals surface area contributed by atoms with E-state index < -0.39 is 12.1 Å². The first-order chi connectivity index (χ1) is 24.4. The Morgan fingerprint density at radius 1 is 0.580 bits per heavy atom. The highest BCUT2D eigenvalue weighted by Gasteiger charge is 2.36. The van der Waals surface area contributed by atoms with E-state index in [0.717, 1.165) is 24.0 Å². The van der Waals surface area contributed by atoms with Gasteiger partial charge in [0.2, 0.25) is 11.8 Å². The number of para-hydroxylation sites is 2. The summed E-state index contributed by atoms with van der Waals surface area (Å²) in [6.07, 6.45) is 6.62. The molecule has 0 aliphatic carbocycles. The number of carbonyl (C=O) groups excluding carboxylic acids is 4. The first-order valence-electron chi connectivity index (χ1n) is 16.7. The van der Waals surface area contributed by atoms with Gasteiger partial charge in [-0.1, -0.05) is 60.7 Å². The van der Waals surface area contributed by atoms with E-state index in [2.05, 4.69) is 10.6 Å². The van der Waals surface area contributed by atoms with Gasteiger partial charge in [0.1, 0.15) is 23.6 Å². The zero-order valence-corrected chi connectivity index (χ0v) is 28.1. The maximum absolute atomic E-state index is 13.3. The average molecular weight is 673 g/mol. The molecule has 6 rings (SSSR count). The van der Waals surface area contributed by atoms with Crippen LogP contribution in [0.1, 0.15) is 57.5 Å². The number of ether oxygens (including phenoxy) is 2. The monoisotopic (exact) mass is 672 g/mol. The Morgan fingerprint density at radius 3 is 1.34 bits per heavy atom. The number of nitrogens with one attached hydrogen (secondary N) is 2. The Labute approximate surface area is 291 Å². The van der Waals surface area contributed by atoms with E-state index in [9.17, 15) is 19.2 Å². The zero-order valence-electron chi connectivity index (χ0n) is 28.1. The number of rotatable bonds is 10. The van der Waals surface area contributed by atoms with E-state index in [1.165, 1.54) is 14.2 Å². The van der Waals surface area contributed by atoms with Crippen LogP contribution >= 0.6 is 0 Å². The number of likely N-dealkylation sites (tertiary alicyclic amines) is 2. The van der Waals surface area contributed by atoms with Gasteiger partial charge in [0.15, 0.2) is 0 Å². The summed E-state index contributed by atoms with van der Waals surface area (Å²) in [6, 6.07) is 28.0. The molecular weight excluding hydrogens is 632 g/mol. The molecule has 2 N–H and O–H groups in total. The minimum absolute atomic E-state index is 0.215. The van der Waals surface area contributed by atoms with Crippen LogP contribution in [-0.4, -0.2) is 72.8 Å². The van der Waals surface area contributed by atoms with E-state index in [1.54, 1.807) is 46.2 Å². The van der Waals surface area contributed by atoms with Crippen molar-refractivity contribution in [2.75, 3.05) is 37.9 Å². The molecule has 2 saturated heterocycles. The predicted octanol–water partition coefficient (Wildman–Crippen LogP) is 6.36. The Balaban J connectivity index is 1.02. The Morgan fingerprint density at radius 2 is 0.960 bits per heavy atom. The lowest BCUT2D eigenvalue weighted by molar-refractivity contribution is -0.120. The summed E-state index contributed by atoms with van der Waals surface area (Å²) in [5, 5.41) is 5.93. The second-order valence-corrected chi connectivity index (χ2v) is 12.3. The molecule has 2 aliphatic heterocycles. The summed E-state index contributed by atoms with van der Waals surface area (Å²) in [6.45, 7) is 1.02. The van der Waals surface area contributed by atoms with Crippen LogP contribution in [0.25, 0.3) is 12.2 Å². The second-order valence-electron chi connectivity index (χ2n) is 12.3. The van der Waals surface area contributed by atoms with Crippen LogP contribution in [0.2, 0.25) is 0 Å². The van der Waals surface area contributed by atoms with Gasteiger partial charge in [-0.25, -0.2) is 0 Å². The van der Waals surface area contributed by atoms with Gasteiger partial charge in [0, 0.05) is 24.5 Å². The molecule has 2 aliphatic rings. The molecule has 2 atom stereocenters. The molecule has 2 heterocycles. The van der Waals surface area contributed by atoms with Gasteiger partial charge in [-0.15, -0.1) is 0 Å². The number of carbonyl (C=O) groups is 4. The van der Waals surface area contributed by atoms with Gasteiger partial charge >= 0.3 is 0 Å². The topological polar surface area (TPSA) is 117 Å². The molecule has 0 spiro atoms. The zero-order chi connectivity index (χ0) is 35.0. The van der Waals surface area contributed by atoms with Crippen molar-refractivity contribution in [1.82, 2.24) is 9.80 Å². The Bertz CT molecular complexity index is 1750. The average Bonchev–Trinajstić information content (AvgIpc) is 3.86. The Hall–Kier alpha value is -5.90. The van der Waals surface area contributed by atoms with E-state index in [0.29, 0.717) is 59.9 Å². The van der Waals surface area contributed by atoms with E-state index in [1.807, 2.05) is 72.8 Å². The second kappa shape index (κ2) is 15.5. The summed E-state index contributed by atoms with van der Waals surface area (Å²) in [4.78, 5) is 56.2. The van der Waals surface area contributed by atoms with Gasteiger partial charge in [-0.2, -0.15) is 0 Å². The third kappa shape index (κ3) is 7.54. The molecule has 0 bridgehead atoms. The van der Waals surface area contributed by atoms with Crippen LogP contribution in [0.15, 0.2) is 97.1 Å². The molecular formula is C40H40N4O6. The van der Waals surface area contributed by atoms with Gasteiger partial charge in [0.25, 0.3) is 11.8 Å². The minimum Gasteiger partial charge on any atom is -0.496 e.